The zero-order valence-corrected chi connectivity index (χ0v) is 14.1. The molecule has 0 radical (unpaired) electrons. The van der Waals surface area contributed by atoms with Crippen molar-refractivity contribution in [1.29, 1.82) is 0 Å². The van der Waals surface area contributed by atoms with Gasteiger partial charge in [-0.3, -0.25) is 4.79 Å². The second-order valence-corrected chi connectivity index (χ2v) is 6.52. The maximum atomic E-state index is 12.1. The average molecular weight is 331 g/mol. The lowest BCUT2D eigenvalue weighted by molar-refractivity contribution is 0.0942. The first-order valence-electron chi connectivity index (χ1n) is 8.60. The molecular weight excluding hydrogens is 306 g/mol. The number of amides is 1. The minimum absolute atomic E-state index is 0.0668. The Morgan fingerprint density at radius 1 is 1.38 bits per heavy atom. The van der Waals surface area contributed by atoms with Gasteiger partial charge < -0.3 is 20.9 Å². The number of fused-ring (bicyclic) bond motifs is 1. The molecule has 1 aliphatic rings. The van der Waals surface area contributed by atoms with Crippen molar-refractivity contribution in [2.45, 2.75) is 32.6 Å². The van der Waals surface area contributed by atoms with Crippen molar-refractivity contribution in [3.63, 3.8) is 0 Å². The van der Waals surface area contributed by atoms with E-state index in [1.165, 1.54) is 32.3 Å². The van der Waals surface area contributed by atoms with Gasteiger partial charge in [-0.1, -0.05) is 6.92 Å². The maximum absolute atomic E-state index is 12.1. The molecule has 3 heterocycles. The van der Waals surface area contributed by atoms with Crippen molar-refractivity contribution in [2.24, 2.45) is 5.92 Å². The molecule has 130 valence electrons. The van der Waals surface area contributed by atoms with Gasteiger partial charge in [0.25, 0.3) is 5.91 Å². The number of nitrogens with one attached hydrogen (secondary N) is 2. The van der Waals surface area contributed by atoms with Crippen molar-refractivity contribution in [2.75, 3.05) is 31.9 Å². The number of likely N-dealkylation sites (tertiary alicyclic amines) is 1. The number of nitrogen functional groups attached to an aromatic ring is 1. The molecule has 8 heteroatoms. The molecule has 1 amide bonds. The lowest BCUT2D eigenvalue weighted by atomic mass is 9.99. The second kappa shape index (κ2) is 7.57. The quantitative estimate of drug-likeness (QED) is 0.685. The van der Waals surface area contributed by atoms with Crippen LogP contribution in [0.4, 0.5) is 5.82 Å². The first-order chi connectivity index (χ1) is 11.6. The highest BCUT2D eigenvalue weighted by molar-refractivity contribution is 5.93. The summed E-state index contributed by atoms with van der Waals surface area (Å²) < 4.78 is 0. The SMILES string of the molecule is CC1CCN(CCCCNC(=O)c2nc(N)c3[nH]cnc3n2)CC1. The third-order valence-corrected chi connectivity index (χ3v) is 4.58. The molecule has 24 heavy (non-hydrogen) atoms. The highest BCUT2D eigenvalue weighted by Crippen LogP contribution is 2.16. The van der Waals surface area contributed by atoms with Gasteiger partial charge in [0.1, 0.15) is 5.52 Å². The molecule has 1 fully saturated rings. The van der Waals surface area contributed by atoms with Gasteiger partial charge in [0.05, 0.1) is 6.33 Å². The van der Waals surface area contributed by atoms with E-state index in [1.54, 1.807) is 0 Å². The second-order valence-electron chi connectivity index (χ2n) is 6.52. The van der Waals surface area contributed by atoms with Crippen LogP contribution in [0.25, 0.3) is 11.2 Å². The van der Waals surface area contributed by atoms with E-state index in [1.807, 2.05) is 0 Å². The number of aromatic amines is 1. The molecule has 0 spiro atoms. The fourth-order valence-corrected chi connectivity index (χ4v) is 2.98. The monoisotopic (exact) mass is 331 g/mol. The average Bonchev–Trinajstić information content (AvgIpc) is 3.05. The predicted molar refractivity (Wildman–Crippen MR) is 92.5 cm³/mol. The highest BCUT2D eigenvalue weighted by Gasteiger charge is 2.15. The first-order valence-corrected chi connectivity index (χ1v) is 8.60. The number of piperidine rings is 1. The number of aromatic nitrogens is 4. The molecule has 4 N–H and O–H groups in total. The van der Waals surface area contributed by atoms with Gasteiger partial charge in [-0.25, -0.2) is 15.0 Å². The summed E-state index contributed by atoms with van der Waals surface area (Å²) in [5.41, 5.74) is 6.77. The Labute approximate surface area is 141 Å². The Hall–Kier alpha value is -2.22. The zero-order chi connectivity index (χ0) is 16.9. The van der Waals surface area contributed by atoms with Crippen LogP contribution in [0.1, 0.15) is 43.2 Å². The van der Waals surface area contributed by atoms with Crippen LogP contribution in [0.15, 0.2) is 6.33 Å². The van der Waals surface area contributed by atoms with E-state index in [2.05, 4.69) is 37.1 Å². The molecule has 3 rings (SSSR count). The minimum Gasteiger partial charge on any atom is -0.382 e. The predicted octanol–water partition coefficient (Wildman–Crippen LogP) is 1.18. The van der Waals surface area contributed by atoms with Crippen LogP contribution >= 0.6 is 0 Å². The van der Waals surface area contributed by atoms with E-state index in [9.17, 15) is 4.79 Å². The number of H-pyrrole nitrogens is 1. The Balaban J connectivity index is 1.40. The van der Waals surface area contributed by atoms with Crippen LogP contribution < -0.4 is 11.1 Å². The normalized spacial score (nSPS) is 16.5. The summed E-state index contributed by atoms with van der Waals surface area (Å²) in [5, 5.41) is 2.85. The number of carbonyl (C=O) groups excluding carboxylic acids is 1. The number of rotatable bonds is 6. The molecule has 0 unspecified atom stereocenters. The standard InChI is InChI=1S/C16H25N7O/c1-11-4-8-23(9-5-11)7-3-2-6-18-16(24)15-21-13(17)12-14(22-15)20-10-19-12/h10-11H,2-9H2,1H3,(H,18,24)(H3,17,19,20,21,22). The molecule has 0 bridgehead atoms. The Morgan fingerprint density at radius 2 is 2.17 bits per heavy atom. The highest BCUT2D eigenvalue weighted by atomic mass is 16.2. The number of hydrogen-bond donors (Lipinski definition) is 3. The van der Waals surface area contributed by atoms with Crippen LogP contribution in [-0.2, 0) is 0 Å². The number of carbonyl (C=O) groups is 1. The molecule has 0 saturated carbocycles. The van der Waals surface area contributed by atoms with Crippen LogP contribution in [0.5, 0.6) is 0 Å². The molecular formula is C16H25N7O. The van der Waals surface area contributed by atoms with Crippen molar-refractivity contribution >= 4 is 22.9 Å². The minimum atomic E-state index is -0.307. The van der Waals surface area contributed by atoms with Crippen molar-refractivity contribution in [1.82, 2.24) is 30.2 Å². The number of anilines is 1. The zero-order valence-electron chi connectivity index (χ0n) is 14.1. The van der Waals surface area contributed by atoms with E-state index >= 15 is 0 Å². The van der Waals surface area contributed by atoms with Gasteiger partial charge in [0, 0.05) is 6.54 Å². The van der Waals surface area contributed by atoms with Gasteiger partial charge in [-0.05, 0) is 51.2 Å². The summed E-state index contributed by atoms with van der Waals surface area (Å²) in [6.45, 7) is 6.44. The van der Waals surface area contributed by atoms with Gasteiger partial charge in [0.15, 0.2) is 11.5 Å². The Bertz CT molecular complexity index is 691. The molecule has 0 aliphatic carbocycles. The summed E-state index contributed by atoms with van der Waals surface area (Å²) in [4.78, 5) is 29.7. The number of nitrogens with two attached hydrogens (primary N) is 1. The summed E-state index contributed by atoms with van der Waals surface area (Å²) in [5.74, 6) is 0.859. The third kappa shape index (κ3) is 4.00. The first kappa shape index (κ1) is 16.6. The van der Waals surface area contributed by atoms with Crippen LogP contribution in [-0.4, -0.2) is 56.9 Å². The smallest absolute Gasteiger partial charge is 0.289 e. The molecule has 8 nitrogen and oxygen atoms in total. The topological polar surface area (TPSA) is 113 Å². The van der Waals surface area contributed by atoms with Crippen molar-refractivity contribution < 1.29 is 4.79 Å². The summed E-state index contributed by atoms with van der Waals surface area (Å²) in [7, 11) is 0. The third-order valence-electron chi connectivity index (χ3n) is 4.58. The van der Waals surface area contributed by atoms with Gasteiger partial charge in [-0.15, -0.1) is 0 Å². The van der Waals surface area contributed by atoms with Gasteiger partial charge >= 0.3 is 0 Å². The number of unbranched alkanes of at least 4 members (excludes halogenated alkanes) is 1. The number of imidazole rings is 1. The van der Waals surface area contributed by atoms with Crippen LogP contribution in [0.3, 0.4) is 0 Å². The molecule has 2 aromatic rings. The number of hydrogen-bond acceptors (Lipinski definition) is 6. The molecule has 2 aromatic heterocycles. The van der Waals surface area contributed by atoms with Gasteiger partial charge in [-0.2, -0.15) is 0 Å². The molecule has 0 aromatic carbocycles. The van der Waals surface area contributed by atoms with E-state index in [-0.39, 0.29) is 17.5 Å². The van der Waals surface area contributed by atoms with E-state index < -0.39 is 0 Å². The van der Waals surface area contributed by atoms with Crippen molar-refractivity contribution in [3.8, 4) is 0 Å². The van der Waals surface area contributed by atoms with E-state index in [0.717, 1.165) is 25.3 Å². The largest absolute Gasteiger partial charge is 0.382 e. The summed E-state index contributed by atoms with van der Waals surface area (Å²) >= 11 is 0. The molecule has 1 aliphatic heterocycles. The van der Waals surface area contributed by atoms with E-state index in [0.29, 0.717) is 17.7 Å². The van der Waals surface area contributed by atoms with Crippen LogP contribution in [0, 0.1) is 5.92 Å². The van der Waals surface area contributed by atoms with Gasteiger partial charge in [0.2, 0.25) is 5.82 Å². The Kier molecular flexibility index (Phi) is 5.24. The van der Waals surface area contributed by atoms with Crippen LogP contribution in [0.2, 0.25) is 0 Å². The van der Waals surface area contributed by atoms with E-state index in [4.69, 9.17) is 5.73 Å². The lowest BCUT2D eigenvalue weighted by Gasteiger charge is -2.30. The fraction of sp³-hybridized carbons (Fsp3) is 0.625. The maximum Gasteiger partial charge on any atom is 0.289 e. The summed E-state index contributed by atoms with van der Waals surface area (Å²) in [6, 6.07) is 0. The Morgan fingerprint density at radius 3 is 2.96 bits per heavy atom. The molecule has 1 saturated heterocycles. The fourth-order valence-electron chi connectivity index (χ4n) is 2.98. The number of nitrogens with zero attached hydrogens (tertiary/aromatic N) is 4. The lowest BCUT2D eigenvalue weighted by Crippen LogP contribution is -2.34. The molecule has 0 atom stereocenters. The van der Waals surface area contributed by atoms with Crippen molar-refractivity contribution in [3.05, 3.63) is 12.2 Å². The summed E-state index contributed by atoms with van der Waals surface area (Å²) in [6.07, 6.45) is 6.10.